The lowest BCUT2D eigenvalue weighted by molar-refractivity contribution is -0.152. The quantitative estimate of drug-likeness (QED) is 0.859. The summed E-state index contributed by atoms with van der Waals surface area (Å²) in [7, 11) is 0. The predicted molar refractivity (Wildman–Crippen MR) is 81.5 cm³/mol. The maximum absolute atomic E-state index is 11.9. The molecule has 1 atom stereocenters. The maximum atomic E-state index is 11.9. The van der Waals surface area contributed by atoms with Gasteiger partial charge in [-0.2, -0.15) is 0 Å². The van der Waals surface area contributed by atoms with E-state index >= 15 is 0 Å². The lowest BCUT2D eigenvalue weighted by Gasteiger charge is -2.12. The van der Waals surface area contributed by atoms with Gasteiger partial charge in [0.25, 0.3) is 5.91 Å². The van der Waals surface area contributed by atoms with Crippen molar-refractivity contribution in [3.05, 3.63) is 45.7 Å². The smallest absolute Gasteiger partial charge is 0.311 e. The molecule has 0 spiro atoms. The number of halogens is 1. The molecule has 1 N–H and O–H groups in total. The van der Waals surface area contributed by atoms with E-state index in [2.05, 4.69) is 10.3 Å². The number of hydrogen-bond donors (Lipinski definition) is 1. The Morgan fingerprint density at radius 3 is 2.86 bits per heavy atom. The highest BCUT2D eigenvalue weighted by Crippen LogP contribution is 2.12. The van der Waals surface area contributed by atoms with Gasteiger partial charge in [0, 0.05) is 11.1 Å². The van der Waals surface area contributed by atoms with Crippen molar-refractivity contribution in [3.8, 4) is 0 Å². The topological polar surface area (TPSA) is 68.3 Å². The Labute approximate surface area is 130 Å². The lowest BCUT2D eigenvalue weighted by Crippen LogP contribution is -2.30. The van der Waals surface area contributed by atoms with E-state index in [1.807, 2.05) is 17.5 Å². The SMILES string of the molecule is C[C@H](OC(=O)Cc1cccs1)C(=O)Nc1ccc(Cl)cn1. The predicted octanol–water partition coefficient (Wildman–Crippen LogP) is 2.91. The zero-order chi connectivity index (χ0) is 15.2. The van der Waals surface area contributed by atoms with Gasteiger partial charge in [-0.25, -0.2) is 4.98 Å². The number of aromatic nitrogens is 1. The summed E-state index contributed by atoms with van der Waals surface area (Å²) in [4.78, 5) is 28.4. The van der Waals surface area contributed by atoms with E-state index in [1.165, 1.54) is 24.5 Å². The molecule has 2 heterocycles. The molecule has 0 aliphatic rings. The number of amides is 1. The Kier molecular flexibility index (Phi) is 5.30. The number of ether oxygens (including phenoxy) is 1. The van der Waals surface area contributed by atoms with Gasteiger partial charge in [0.15, 0.2) is 6.10 Å². The Bertz CT molecular complexity index is 614. The minimum absolute atomic E-state index is 0.161. The number of thiophene rings is 1. The van der Waals surface area contributed by atoms with Crippen LogP contribution >= 0.6 is 22.9 Å². The summed E-state index contributed by atoms with van der Waals surface area (Å²) in [5.41, 5.74) is 0. The third-order valence-electron chi connectivity index (χ3n) is 2.55. The Hall–Kier alpha value is -1.92. The molecule has 1 amide bonds. The standard InChI is InChI=1S/C14H13ClN2O3S/c1-9(20-13(18)7-11-3-2-6-21-11)14(19)17-12-5-4-10(15)8-16-12/h2-6,8-9H,7H2,1H3,(H,16,17,19)/t9-/m0/s1. The van der Waals surface area contributed by atoms with Crippen LogP contribution in [0.15, 0.2) is 35.8 Å². The van der Waals surface area contributed by atoms with E-state index in [1.54, 1.807) is 12.1 Å². The van der Waals surface area contributed by atoms with Crippen LogP contribution in [-0.2, 0) is 20.7 Å². The Morgan fingerprint density at radius 1 is 1.43 bits per heavy atom. The number of rotatable bonds is 5. The maximum Gasteiger partial charge on any atom is 0.311 e. The zero-order valence-electron chi connectivity index (χ0n) is 11.2. The average Bonchev–Trinajstić information content (AvgIpc) is 2.94. The van der Waals surface area contributed by atoms with E-state index in [0.29, 0.717) is 10.8 Å². The van der Waals surface area contributed by atoms with Crippen molar-refractivity contribution in [1.29, 1.82) is 0 Å². The van der Waals surface area contributed by atoms with Gasteiger partial charge in [-0.15, -0.1) is 11.3 Å². The number of esters is 1. The molecule has 5 nitrogen and oxygen atoms in total. The fraction of sp³-hybridized carbons (Fsp3) is 0.214. The first kappa shape index (κ1) is 15.5. The minimum Gasteiger partial charge on any atom is -0.452 e. The van der Waals surface area contributed by atoms with E-state index in [0.717, 1.165) is 4.88 Å². The van der Waals surface area contributed by atoms with E-state index in [4.69, 9.17) is 16.3 Å². The molecule has 0 saturated carbocycles. The summed E-state index contributed by atoms with van der Waals surface area (Å²) >= 11 is 7.17. The van der Waals surface area contributed by atoms with Crippen LogP contribution in [0.5, 0.6) is 0 Å². The second kappa shape index (κ2) is 7.19. The molecule has 0 fully saturated rings. The van der Waals surface area contributed by atoms with Crippen LogP contribution in [-0.4, -0.2) is 23.0 Å². The third-order valence-corrected chi connectivity index (χ3v) is 3.65. The van der Waals surface area contributed by atoms with Crippen LogP contribution in [0.3, 0.4) is 0 Å². The minimum atomic E-state index is -0.894. The van der Waals surface area contributed by atoms with Gasteiger partial charge in [0.1, 0.15) is 5.82 Å². The van der Waals surface area contributed by atoms with Crippen molar-refractivity contribution in [3.63, 3.8) is 0 Å². The zero-order valence-corrected chi connectivity index (χ0v) is 12.8. The average molecular weight is 325 g/mol. The van der Waals surface area contributed by atoms with Crippen LogP contribution in [0.25, 0.3) is 0 Å². The molecule has 2 aromatic heterocycles. The molecular formula is C14H13ClN2O3S. The summed E-state index contributed by atoms with van der Waals surface area (Å²) in [6.07, 6.45) is 0.689. The Morgan fingerprint density at radius 2 is 2.24 bits per heavy atom. The highest BCUT2D eigenvalue weighted by atomic mass is 35.5. The molecule has 21 heavy (non-hydrogen) atoms. The number of nitrogens with zero attached hydrogens (tertiary/aromatic N) is 1. The molecule has 7 heteroatoms. The highest BCUT2D eigenvalue weighted by Gasteiger charge is 2.18. The summed E-state index contributed by atoms with van der Waals surface area (Å²) in [6, 6.07) is 6.88. The third kappa shape index (κ3) is 4.84. The summed E-state index contributed by atoms with van der Waals surface area (Å²) in [5.74, 6) is -0.529. The van der Waals surface area contributed by atoms with Gasteiger partial charge < -0.3 is 10.1 Å². The number of anilines is 1. The number of hydrogen-bond acceptors (Lipinski definition) is 5. The highest BCUT2D eigenvalue weighted by molar-refractivity contribution is 7.10. The summed E-state index contributed by atoms with van der Waals surface area (Å²) in [5, 5.41) is 4.91. The van der Waals surface area contributed by atoms with Crippen LogP contribution in [0.1, 0.15) is 11.8 Å². The number of pyridine rings is 1. The first-order chi connectivity index (χ1) is 10.0. The van der Waals surface area contributed by atoms with Gasteiger partial charge in [0.05, 0.1) is 11.4 Å². The second-order valence-corrected chi connectivity index (χ2v) is 5.71. The van der Waals surface area contributed by atoms with E-state index < -0.39 is 18.0 Å². The van der Waals surface area contributed by atoms with Gasteiger partial charge in [0.2, 0.25) is 0 Å². The van der Waals surface area contributed by atoms with Crippen LogP contribution in [0.4, 0.5) is 5.82 Å². The van der Waals surface area contributed by atoms with Crippen LogP contribution in [0, 0.1) is 0 Å². The Balaban J connectivity index is 1.84. The molecule has 0 aromatic carbocycles. The van der Waals surface area contributed by atoms with Crippen molar-refractivity contribution in [1.82, 2.24) is 4.98 Å². The number of carbonyl (C=O) groups is 2. The van der Waals surface area contributed by atoms with Crippen molar-refractivity contribution >= 4 is 40.6 Å². The molecule has 0 radical (unpaired) electrons. The first-order valence-corrected chi connectivity index (χ1v) is 7.44. The molecule has 0 unspecified atom stereocenters. The van der Waals surface area contributed by atoms with Crippen molar-refractivity contribution in [2.75, 3.05) is 5.32 Å². The molecular weight excluding hydrogens is 312 g/mol. The second-order valence-electron chi connectivity index (χ2n) is 4.24. The molecule has 0 saturated heterocycles. The molecule has 2 rings (SSSR count). The van der Waals surface area contributed by atoms with Crippen molar-refractivity contribution in [2.24, 2.45) is 0 Å². The van der Waals surface area contributed by atoms with E-state index in [-0.39, 0.29) is 6.42 Å². The van der Waals surface area contributed by atoms with Crippen molar-refractivity contribution < 1.29 is 14.3 Å². The fourth-order valence-corrected chi connectivity index (χ4v) is 2.33. The monoisotopic (exact) mass is 324 g/mol. The largest absolute Gasteiger partial charge is 0.452 e. The molecule has 0 aliphatic heterocycles. The normalized spacial score (nSPS) is 11.7. The lowest BCUT2D eigenvalue weighted by atomic mass is 10.3. The van der Waals surface area contributed by atoms with Gasteiger partial charge >= 0.3 is 5.97 Å². The van der Waals surface area contributed by atoms with E-state index in [9.17, 15) is 9.59 Å². The molecule has 0 aliphatic carbocycles. The van der Waals surface area contributed by atoms with Crippen molar-refractivity contribution in [2.45, 2.75) is 19.4 Å². The summed E-state index contributed by atoms with van der Waals surface area (Å²) < 4.78 is 5.08. The van der Waals surface area contributed by atoms with Crippen LogP contribution in [0.2, 0.25) is 5.02 Å². The van der Waals surface area contributed by atoms with Crippen LogP contribution < -0.4 is 5.32 Å². The van der Waals surface area contributed by atoms with Gasteiger partial charge in [-0.1, -0.05) is 17.7 Å². The first-order valence-electron chi connectivity index (χ1n) is 6.19. The fourth-order valence-electron chi connectivity index (χ4n) is 1.53. The molecule has 0 bridgehead atoms. The van der Waals surface area contributed by atoms with Gasteiger partial charge in [-0.3, -0.25) is 9.59 Å². The molecule has 2 aromatic rings. The number of carbonyl (C=O) groups excluding carboxylic acids is 2. The van der Waals surface area contributed by atoms with Gasteiger partial charge in [-0.05, 0) is 30.5 Å². The molecule has 110 valence electrons. The number of nitrogens with one attached hydrogen (secondary N) is 1. The summed E-state index contributed by atoms with van der Waals surface area (Å²) in [6.45, 7) is 1.51.